The Labute approximate surface area is 101 Å². The van der Waals surface area contributed by atoms with E-state index in [4.69, 9.17) is 11.6 Å². The molecule has 0 aliphatic carbocycles. The number of para-hydroxylation sites is 1. The summed E-state index contributed by atoms with van der Waals surface area (Å²) in [6, 6.07) is 15.8. The first-order valence-corrected chi connectivity index (χ1v) is 5.53. The molecule has 0 spiro atoms. The average molecular weight is 231 g/mol. The maximum Gasteiger partial charge on any atom is 0.0406 e. The summed E-state index contributed by atoms with van der Waals surface area (Å²) >= 11 is 5.82. The largest absolute Gasteiger partial charge is 0.381 e. The van der Waals surface area contributed by atoms with Gasteiger partial charge in [-0.25, -0.2) is 0 Å². The first kappa shape index (κ1) is 11.0. The van der Waals surface area contributed by atoms with Crippen molar-refractivity contribution in [3.05, 3.63) is 71.6 Å². The third-order valence-electron chi connectivity index (χ3n) is 2.41. The summed E-state index contributed by atoms with van der Waals surface area (Å²) in [6.45, 7) is 4.74. The van der Waals surface area contributed by atoms with Gasteiger partial charge in [-0.05, 0) is 36.2 Å². The molecule has 0 unspecified atom stereocenters. The first-order valence-electron chi connectivity index (χ1n) is 5.15. The summed E-state index contributed by atoms with van der Waals surface area (Å²) in [5.74, 6) is 0. The Hall–Kier alpha value is -1.47. The lowest BCUT2D eigenvalue weighted by Crippen LogP contribution is -2.00. The van der Waals surface area contributed by atoms with Gasteiger partial charge in [0.05, 0.1) is 0 Å². The smallest absolute Gasteiger partial charge is 0.0406 e. The summed E-state index contributed by atoms with van der Waals surface area (Å²) in [5, 5.41) is 4.11. The number of hydrogen-bond acceptors (Lipinski definition) is 1. The van der Waals surface area contributed by atoms with Crippen LogP contribution in [0, 0.1) is 6.92 Å². The first-order chi connectivity index (χ1) is 7.75. The Morgan fingerprint density at radius 3 is 2.38 bits per heavy atom. The molecule has 0 heterocycles. The van der Waals surface area contributed by atoms with Gasteiger partial charge in [0.1, 0.15) is 0 Å². The van der Waals surface area contributed by atoms with E-state index in [1.54, 1.807) is 0 Å². The van der Waals surface area contributed by atoms with Gasteiger partial charge in [-0.2, -0.15) is 0 Å². The number of nitrogens with one attached hydrogen (secondary N) is 1. The number of benzene rings is 2. The second-order valence-electron chi connectivity index (χ2n) is 3.64. The third kappa shape index (κ3) is 2.77. The Bertz CT molecular complexity index is 462. The van der Waals surface area contributed by atoms with E-state index in [1.807, 2.05) is 48.5 Å². The van der Waals surface area contributed by atoms with Crippen LogP contribution in [0.25, 0.3) is 0 Å². The fourth-order valence-electron chi connectivity index (χ4n) is 1.49. The predicted molar refractivity (Wildman–Crippen MR) is 69.7 cm³/mol. The predicted octanol–water partition coefficient (Wildman–Crippen LogP) is 4.13. The fourth-order valence-corrected chi connectivity index (χ4v) is 1.62. The van der Waals surface area contributed by atoms with Crippen molar-refractivity contribution < 1.29 is 0 Å². The van der Waals surface area contributed by atoms with E-state index in [-0.39, 0.29) is 0 Å². The van der Waals surface area contributed by atoms with Gasteiger partial charge < -0.3 is 5.32 Å². The van der Waals surface area contributed by atoms with Crippen molar-refractivity contribution in [3.8, 4) is 0 Å². The molecule has 0 fully saturated rings. The Balaban J connectivity index is 2.02. The monoisotopic (exact) mass is 230 g/mol. The van der Waals surface area contributed by atoms with Crippen LogP contribution in [0.2, 0.25) is 5.02 Å². The van der Waals surface area contributed by atoms with Gasteiger partial charge in [-0.15, -0.1) is 0 Å². The van der Waals surface area contributed by atoms with E-state index >= 15 is 0 Å². The third-order valence-corrected chi connectivity index (χ3v) is 2.67. The van der Waals surface area contributed by atoms with Crippen LogP contribution in [0.5, 0.6) is 0 Å². The molecule has 0 aliphatic heterocycles. The lowest BCUT2D eigenvalue weighted by atomic mass is 10.2. The van der Waals surface area contributed by atoms with E-state index < -0.39 is 0 Å². The van der Waals surface area contributed by atoms with Crippen LogP contribution >= 0.6 is 11.6 Å². The van der Waals surface area contributed by atoms with Crippen molar-refractivity contribution in [2.75, 3.05) is 5.32 Å². The molecule has 81 valence electrons. The normalized spacial score (nSPS) is 10.1. The maximum absolute atomic E-state index is 5.82. The molecule has 16 heavy (non-hydrogen) atoms. The lowest BCUT2D eigenvalue weighted by molar-refractivity contribution is 1.15. The molecular formula is C14H13ClN. The molecule has 2 heteroatoms. The van der Waals surface area contributed by atoms with Gasteiger partial charge in [0.2, 0.25) is 0 Å². The van der Waals surface area contributed by atoms with Crippen molar-refractivity contribution in [2.45, 2.75) is 6.54 Å². The van der Waals surface area contributed by atoms with Crippen LogP contribution in [0.3, 0.4) is 0 Å². The number of anilines is 1. The number of halogens is 1. The zero-order chi connectivity index (χ0) is 11.4. The minimum atomic E-state index is 0.765. The van der Waals surface area contributed by atoms with E-state index in [1.165, 1.54) is 5.56 Å². The molecule has 2 aromatic rings. The summed E-state index contributed by atoms with van der Waals surface area (Å²) in [6.07, 6.45) is 0. The van der Waals surface area contributed by atoms with Gasteiger partial charge in [0, 0.05) is 17.3 Å². The molecule has 2 aromatic carbocycles. The van der Waals surface area contributed by atoms with Crippen molar-refractivity contribution in [1.29, 1.82) is 0 Å². The van der Waals surface area contributed by atoms with Gasteiger partial charge in [0.15, 0.2) is 0 Å². The zero-order valence-electron chi connectivity index (χ0n) is 8.91. The van der Waals surface area contributed by atoms with Gasteiger partial charge in [-0.1, -0.05) is 41.9 Å². The highest BCUT2D eigenvalue weighted by atomic mass is 35.5. The molecule has 0 atom stereocenters. The Morgan fingerprint density at radius 2 is 1.69 bits per heavy atom. The molecular weight excluding hydrogens is 218 g/mol. The van der Waals surface area contributed by atoms with Crippen LogP contribution < -0.4 is 5.32 Å². The summed E-state index contributed by atoms with van der Waals surface area (Å²) in [5.41, 5.74) is 3.28. The van der Waals surface area contributed by atoms with Gasteiger partial charge >= 0.3 is 0 Å². The average Bonchev–Trinajstić information content (AvgIpc) is 2.30. The van der Waals surface area contributed by atoms with Crippen LogP contribution in [0.1, 0.15) is 11.1 Å². The highest BCUT2D eigenvalue weighted by Crippen LogP contribution is 2.15. The molecule has 0 aliphatic rings. The standard InChI is InChI=1S/C14H13ClN/c1-11-4-2-3-5-14(11)16-10-12-6-8-13(15)9-7-12/h2-9,16H,1,10H2. The Morgan fingerprint density at radius 1 is 1.00 bits per heavy atom. The van der Waals surface area contributed by atoms with Gasteiger partial charge in [-0.3, -0.25) is 0 Å². The molecule has 0 aromatic heterocycles. The van der Waals surface area contributed by atoms with Crippen LogP contribution in [0.4, 0.5) is 5.69 Å². The fraction of sp³-hybridized carbons (Fsp3) is 0.0714. The van der Waals surface area contributed by atoms with Crippen LogP contribution in [0.15, 0.2) is 48.5 Å². The molecule has 2 rings (SSSR count). The van der Waals surface area contributed by atoms with Crippen molar-refractivity contribution >= 4 is 17.3 Å². The lowest BCUT2D eigenvalue weighted by Gasteiger charge is -2.09. The molecule has 1 N–H and O–H groups in total. The van der Waals surface area contributed by atoms with E-state index in [0.29, 0.717) is 0 Å². The van der Waals surface area contributed by atoms with Crippen molar-refractivity contribution in [3.63, 3.8) is 0 Å². The maximum atomic E-state index is 5.82. The van der Waals surface area contributed by atoms with Crippen molar-refractivity contribution in [2.24, 2.45) is 0 Å². The second kappa shape index (κ2) is 5.04. The number of rotatable bonds is 3. The van der Waals surface area contributed by atoms with Crippen LogP contribution in [-0.4, -0.2) is 0 Å². The van der Waals surface area contributed by atoms with E-state index in [2.05, 4.69) is 12.2 Å². The zero-order valence-corrected chi connectivity index (χ0v) is 9.67. The van der Waals surface area contributed by atoms with Crippen molar-refractivity contribution in [1.82, 2.24) is 0 Å². The molecule has 1 nitrogen and oxygen atoms in total. The molecule has 1 radical (unpaired) electrons. The number of hydrogen-bond donors (Lipinski definition) is 1. The highest BCUT2D eigenvalue weighted by molar-refractivity contribution is 6.30. The van der Waals surface area contributed by atoms with Crippen LogP contribution in [-0.2, 0) is 6.54 Å². The highest BCUT2D eigenvalue weighted by Gasteiger charge is 1.96. The summed E-state index contributed by atoms with van der Waals surface area (Å²) in [7, 11) is 0. The molecule has 0 saturated carbocycles. The van der Waals surface area contributed by atoms with E-state index in [9.17, 15) is 0 Å². The second-order valence-corrected chi connectivity index (χ2v) is 4.07. The minimum absolute atomic E-state index is 0.765. The molecule has 0 bridgehead atoms. The SMILES string of the molecule is [CH2]c1ccccc1NCc1ccc(Cl)cc1. The quantitative estimate of drug-likeness (QED) is 0.836. The van der Waals surface area contributed by atoms with Gasteiger partial charge in [0.25, 0.3) is 0 Å². The van der Waals surface area contributed by atoms with E-state index in [0.717, 1.165) is 22.8 Å². The summed E-state index contributed by atoms with van der Waals surface area (Å²) in [4.78, 5) is 0. The topological polar surface area (TPSA) is 12.0 Å². The minimum Gasteiger partial charge on any atom is -0.381 e. The molecule has 0 saturated heterocycles. The summed E-state index contributed by atoms with van der Waals surface area (Å²) < 4.78 is 0. The Kier molecular flexibility index (Phi) is 3.47. The molecule has 0 amide bonds.